The Morgan fingerprint density at radius 3 is 2.65 bits per heavy atom. The number of hydrazone groups is 1. The van der Waals surface area contributed by atoms with Crippen LogP contribution >= 0.6 is 11.6 Å². The molecule has 0 saturated heterocycles. The van der Waals surface area contributed by atoms with Crippen LogP contribution in [0.2, 0.25) is 5.02 Å². The van der Waals surface area contributed by atoms with Gasteiger partial charge in [0.05, 0.1) is 40.1 Å². The van der Waals surface area contributed by atoms with Gasteiger partial charge in [0, 0.05) is 37.1 Å². The number of anilines is 1. The van der Waals surface area contributed by atoms with E-state index >= 15 is 0 Å². The molecule has 2 unspecified atom stereocenters. The number of alkyl halides is 3. The summed E-state index contributed by atoms with van der Waals surface area (Å²) in [7, 11) is 1.88. The highest BCUT2D eigenvalue weighted by Gasteiger charge is 2.32. The van der Waals surface area contributed by atoms with Gasteiger partial charge in [0.15, 0.2) is 0 Å². The number of benzene rings is 2. The van der Waals surface area contributed by atoms with Gasteiger partial charge in [-0.2, -0.15) is 18.3 Å². The normalized spacial score (nSPS) is 19.5. The maximum atomic E-state index is 13.5. The van der Waals surface area contributed by atoms with Crippen molar-refractivity contribution in [3.63, 3.8) is 0 Å². The summed E-state index contributed by atoms with van der Waals surface area (Å²) in [4.78, 5) is 13.0. The molecular formula is C25H25ClF3N7O. The highest BCUT2D eigenvalue weighted by Crippen LogP contribution is 2.33. The molecule has 1 aliphatic carbocycles. The van der Waals surface area contributed by atoms with Gasteiger partial charge in [-0.15, -0.1) is 5.10 Å². The standard InChI is InChI=1S/C25H25ClF3N7O/c1-14-20(12-31-35(14)2)22-13-36(34-33-22)23-9-16(3-6-21(23)26)24(37)32-19-8-15(11-30-18-4-5-18)7-17(10-19)25(27,28)29/h3,6-10,12-14,18,20,30H,4-5,11H2,1-2H3,(H,32,37). The van der Waals surface area contributed by atoms with Crippen LogP contribution in [0.25, 0.3) is 5.69 Å². The van der Waals surface area contributed by atoms with Crippen LogP contribution in [0.3, 0.4) is 0 Å². The number of halogens is 4. The predicted molar refractivity (Wildman–Crippen MR) is 134 cm³/mol. The highest BCUT2D eigenvalue weighted by atomic mass is 35.5. The molecule has 12 heteroatoms. The third-order valence-electron chi connectivity index (χ3n) is 6.58. The summed E-state index contributed by atoms with van der Waals surface area (Å²) >= 11 is 6.39. The number of nitrogens with one attached hydrogen (secondary N) is 2. The number of carbonyl (C=O) groups is 1. The van der Waals surface area contributed by atoms with E-state index in [1.54, 1.807) is 18.5 Å². The number of nitrogens with zero attached hydrogens (tertiary/aromatic N) is 5. The smallest absolute Gasteiger partial charge is 0.322 e. The molecule has 0 radical (unpaired) electrons. The summed E-state index contributed by atoms with van der Waals surface area (Å²) in [5, 5.41) is 20.7. The van der Waals surface area contributed by atoms with Crippen LogP contribution in [0.1, 0.15) is 52.9 Å². The third kappa shape index (κ3) is 5.62. The quantitative estimate of drug-likeness (QED) is 0.455. The van der Waals surface area contributed by atoms with E-state index in [0.717, 1.165) is 25.0 Å². The predicted octanol–water partition coefficient (Wildman–Crippen LogP) is 4.85. The maximum absolute atomic E-state index is 13.5. The monoisotopic (exact) mass is 531 g/mol. The molecule has 5 rings (SSSR count). The van der Waals surface area contributed by atoms with Crippen molar-refractivity contribution < 1.29 is 18.0 Å². The molecular weight excluding hydrogens is 507 g/mol. The third-order valence-corrected chi connectivity index (χ3v) is 6.90. The average molecular weight is 532 g/mol. The van der Waals surface area contributed by atoms with E-state index in [1.807, 2.05) is 19.0 Å². The molecule has 3 aromatic rings. The first-order valence-electron chi connectivity index (χ1n) is 11.8. The van der Waals surface area contributed by atoms with E-state index in [4.69, 9.17) is 11.6 Å². The Balaban J connectivity index is 1.37. The molecule has 1 aromatic heterocycles. The van der Waals surface area contributed by atoms with E-state index in [0.29, 0.717) is 28.0 Å². The lowest BCUT2D eigenvalue weighted by Crippen LogP contribution is -2.24. The first-order chi connectivity index (χ1) is 17.6. The first kappa shape index (κ1) is 25.2. The zero-order chi connectivity index (χ0) is 26.3. The van der Waals surface area contributed by atoms with Gasteiger partial charge in [-0.25, -0.2) is 4.68 Å². The van der Waals surface area contributed by atoms with Crippen LogP contribution in [-0.4, -0.2) is 51.3 Å². The minimum atomic E-state index is -4.54. The number of likely N-dealkylation sites (N-methyl/N-ethyl adjacent to an activating group) is 1. The molecule has 2 aliphatic rings. The largest absolute Gasteiger partial charge is 0.416 e. The van der Waals surface area contributed by atoms with Crippen molar-refractivity contribution in [2.75, 3.05) is 12.4 Å². The fourth-order valence-electron chi connectivity index (χ4n) is 4.12. The molecule has 2 aromatic carbocycles. The van der Waals surface area contributed by atoms with Crippen molar-refractivity contribution in [2.24, 2.45) is 5.10 Å². The SMILES string of the molecule is CC1C(c2cn(-c3cc(C(=O)Nc4cc(CNC5CC5)cc(C(F)(F)F)c4)ccc3Cl)nn2)C=NN1C. The molecule has 1 amide bonds. The summed E-state index contributed by atoms with van der Waals surface area (Å²) in [6, 6.07) is 8.58. The molecule has 1 saturated carbocycles. The molecule has 2 heterocycles. The second-order valence-electron chi connectivity index (χ2n) is 9.38. The number of hydrogen-bond acceptors (Lipinski definition) is 6. The van der Waals surface area contributed by atoms with Crippen molar-refractivity contribution >= 4 is 29.4 Å². The zero-order valence-electron chi connectivity index (χ0n) is 20.1. The average Bonchev–Trinajstić information content (AvgIpc) is 3.46. The van der Waals surface area contributed by atoms with E-state index in [1.165, 1.54) is 22.9 Å². The lowest BCUT2D eigenvalue weighted by Gasteiger charge is -2.17. The highest BCUT2D eigenvalue weighted by molar-refractivity contribution is 6.32. The second-order valence-corrected chi connectivity index (χ2v) is 9.79. The molecule has 2 atom stereocenters. The van der Waals surface area contributed by atoms with Gasteiger partial charge < -0.3 is 10.6 Å². The molecule has 8 nitrogen and oxygen atoms in total. The topological polar surface area (TPSA) is 87.4 Å². The summed E-state index contributed by atoms with van der Waals surface area (Å²) < 4.78 is 41.9. The van der Waals surface area contributed by atoms with Crippen LogP contribution in [-0.2, 0) is 12.7 Å². The van der Waals surface area contributed by atoms with Crippen LogP contribution in [0, 0.1) is 0 Å². The Bertz CT molecular complexity index is 1350. The summed E-state index contributed by atoms with van der Waals surface area (Å²) in [5.41, 5.74) is 1.01. The Kier molecular flexibility index (Phi) is 6.67. The van der Waals surface area contributed by atoms with Crippen LogP contribution in [0.4, 0.5) is 18.9 Å². The maximum Gasteiger partial charge on any atom is 0.416 e. The Morgan fingerprint density at radius 2 is 1.97 bits per heavy atom. The molecule has 1 fully saturated rings. The van der Waals surface area contributed by atoms with E-state index < -0.39 is 17.6 Å². The number of aromatic nitrogens is 3. The van der Waals surface area contributed by atoms with Gasteiger partial charge in [-0.05, 0) is 61.7 Å². The minimum absolute atomic E-state index is 0.0477. The van der Waals surface area contributed by atoms with Crippen molar-refractivity contribution in [3.8, 4) is 5.69 Å². The molecule has 0 bridgehead atoms. The second kappa shape index (κ2) is 9.79. The van der Waals surface area contributed by atoms with Gasteiger partial charge in [-0.1, -0.05) is 16.8 Å². The van der Waals surface area contributed by atoms with Crippen molar-refractivity contribution in [2.45, 2.75) is 50.5 Å². The lowest BCUT2D eigenvalue weighted by atomic mass is 10.0. The fraction of sp³-hybridized carbons (Fsp3) is 0.360. The summed E-state index contributed by atoms with van der Waals surface area (Å²) in [5.74, 6) is -0.620. The van der Waals surface area contributed by atoms with Gasteiger partial charge in [0.25, 0.3) is 5.91 Å². The van der Waals surface area contributed by atoms with Crippen molar-refractivity contribution in [1.82, 2.24) is 25.3 Å². The van der Waals surface area contributed by atoms with Crippen LogP contribution in [0.5, 0.6) is 0 Å². The van der Waals surface area contributed by atoms with E-state index in [9.17, 15) is 18.0 Å². The Hall–Kier alpha value is -3.44. The number of hydrogen-bond donors (Lipinski definition) is 2. The number of amides is 1. The zero-order valence-corrected chi connectivity index (χ0v) is 20.9. The van der Waals surface area contributed by atoms with Gasteiger partial charge >= 0.3 is 6.18 Å². The van der Waals surface area contributed by atoms with E-state index in [-0.39, 0.29) is 29.8 Å². The molecule has 194 valence electrons. The summed E-state index contributed by atoms with van der Waals surface area (Å²) in [6.45, 7) is 2.31. The number of rotatable bonds is 7. The lowest BCUT2D eigenvalue weighted by molar-refractivity contribution is -0.137. The molecule has 1 aliphatic heterocycles. The fourth-order valence-corrected chi connectivity index (χ4v) is 4.33. The van der Waals surface area contributed by atoms with Crippen molar-refractivity contribution in [3.05, 3.63) is 70.0 Å². The molecule has 37 heavy (non-hydrogen) atoms. The van der Waals surface area contributed by atoms with Crippen LogP contribution < -0.4 is 10.6 Å². The minimum Gasteiger partial charge on any atom is -0.322 e. The Labute approximate surface area is 216 Å². The Morgan fingerprint density at radius 1 is 1.19 bits per heavy atom. The van der Waals surface area contributed by atoms with Crippen LogP contribution in [0.15, 0.2) is 47.7 Å². The molecule has 0 spiro atoms. The molecule has 2 N–H and O–H groups in total. The number of carbonyl (C=O) groups excluding carboxylic acids is 1. The summed E-state index contributed by atoms with van der Waals surface area (Å²) in [6.07, 6.45) is 1.01. The van der Waals surface area contributed by atoms with E-state index in [2.05, 4.69) is 26.0 Å². The van der Waals surface area contributed by atoms with Gasteiger partial charge in [0.1, 0.15) is 0 Å². The first-order valence-corrected chi connectivity index (χ1v) is 12.2. The van der Waals surface area contributed by atoms with Gasteiger partial charge in [0.2, 0.25) is 0 Å². The van der Waals surface area contributed by atoms with Crippen molar-refractivity contribution in [1.29, 1.82) is 0 Å². The van der Waals surface area contributed by atoms with Gasteiger partial charge in [-0.3, -0.25) is 9.80 Å².